The molecule has 6 rings (SSSR count). The summed E-state index contributed by atoms with van der Waals surface area (Å²) in [6.07, 6.45) is 19.1. The minimum absolute atomic E-state index is 0.537. The smallest absolute Gasteiger partial charge is 0.489 e. The third-order valence-corrected chi connectivity index (χ3v) is 9.56. The molecule has 0 amide bonds. The van der Waals surface area contributed by atoms with E-state index in [-0.39, 0.29) is 0 Å². The first-order valence-electron chi connectivity index (χ1n) is 16.1. The molecule has 0 saturated heterocycles. The monoisotopic (exact) mass is 536 g/mol. The second-order valence-electron chi connectivity index (χ2n) is 12.3. The number of benzene rings is 3. The first-order chi connectivity index (χ1) is 19.8. The van der Waals surface area contributed by atoms with Gasteiger partial charge in [0.15, 0.2) is 0 Å². The molecule has 0 heterocycles. The van der Waals surface area contributed by atoms with E-state index >= 15 is 0 Å². The van der Waals surface area contributed by atoms with E-state index in [1.54, 1.807) is 0 Å². The molecule has 0 aromatic heterocycles. The van der Waals surface area contributed by atoms with Crippen LogP contribution in [0.4, 0.5) is 0 Å². The molecule has 0 spiro atoms. The fourth-order valence-corrected chi connectivity index (χ4v) is 7.40. The molecular formula is C36H45BO3. The van der Waals surface area contributed by atoms with Crippen LogP contribution >= 0.6 is 0 Å². The maximum Gasteiger partial charge on any atom is 0.864 e. The van der Waals surface area contributed by atoms with Crippen LogP contribution in [0.25, 0.3) is 0 Å². The molecule has 3 aliphatic carbocycles. The highest BCUT2D eigenvalue weighted by Crippen LogP contribution is 2.41. The molecule has 0 bridgehead atoms. The Bertz CT molecular complexity index is 1060. The number of hydrogen-bond donors (Lipinski definition) is 0. The van der Waals surface area contributed by atoms with Crippen molar-refractivity contribution in [2.24, 2.45) is 0 Å². The van der Waals surface area contributed by atoms with Gasteiger partial charge in [0.2, 0.25) is 0 Å². The molecule has 3 fully saturated rings. The highest BCUT2D eigenvalue weighted by Gasteiger charge is 2.35. The summed E-state index contributed by atoms with van der Waals surface area (Å²) in [5, 5.41) is 0. The van der Waals surface area contributed by atoms with Crippen molar-refractivity contribution in [1.29, 1.82) is 0 Å². The van der Waals surface area contributed by atoms with Crippen molar-refractivity contribution in [3.8, 4) is 17.2 Å². The summed E-state index contributed by atoms with van der Waals surface area (Å²) in [4.78, 5) is 0. The summed E-state index contributed by atoms with van der Waals surface area (Å²) in [5.74, 6) is 4.29. The first kappa shape index (κ1) is 27.3. The fraction of sp³-hybridized carbons (Fsp3) is 0.500. The van der Waals surface area contributed by atoms with Gasteiger partial charge in [-0.3, -0.25) is 0 Å². The minimum atomic E-state index is -0.862. The summed E-state index contributed by atoms with van der Waals surface area (Å²) < 4.78 is 20.2. The third kappa shape index (κ3) is 6.70. The molecular weight excluding hydrogens is 491 g/mol. The molecule has 3 aliphatic rings. The van der Waals surface area contributed by atoms with Gasteiger partial charge in [0, 0.05) is 0 Å². The second kappa shape index (κ2) is 13.7. The number of hydrogen-bond acceptors (Lipinski definition) is 3. The molecule has 210 valence electrons. The maximum absolute atomic E-state index is 6.75. The average Bonchev–Trinajstić information content (AvgIpc) is 3.03. The molecule has 0 atom stereocenters. The molecule has 0 unspecified atom stereocenters. The van der Waals surface area contributed by atoms with Crippen LogP contribution in [0.1, 0.15) is 131 Å². The first-order valence-corrected chi connectivity index (χ1v) is 16.1. The zero-order valence-electron chi connectivity index (χ0n) is 24.1. The Morgan fingerprint density at radius 2 is 0.650 bits per heavy atom. The summed E-state index contributed by atoms with van der Waals surface area (Å²) in [6, 6.07) is 25.7. The van der Waals surface area contributed by atoms with Crippen LogP contribution in [0.2, 0.25) is 0 Å². The quantitative estimate of drug-likeness (QED) is 0.255. The largest absolute Gasteiger partial charge is 0.864 e. The molecule has 3 aromatic carbocycles. The zero-order chi connectivity index (χ0) is 27.0. The van der Waals surface area contributed by atoms with Crippen molar-refractivity contribution in [2.45, 2.75) is 114 Å². The summed E-state index contributed by atoms with van der Waals surface area (Å²) in [6.45, 7) is 0. The molecule has 4 heteroatoms. The Kier molecular flexibility index (Phi) is 9.32. The summed E-state index contributed by atoms with van der Waals surface area (Å²) in [5.41, 5.74) is 3.88. The number of rotatable bonds is 9. The lowest BCUT2D eigenvalue weighted by molar-refractivity contribution is 0.296. The van der Waals surface area contributed by atoms with Crippen molar-refractivity contribution < 1.29 is 14.0 Å². The van der Waals surface area contributed by atoms with Gasteiger partial charge < -0.3 is 14.0 Å². The van der Waals surface area contributed by atoms with Crippen LogP contribution in [0.3, 0.4) is 0 Å². The fourth-order valence-electron chi connectivity index (χ4n) is 7.40. The topological polar surface area (TPSA) is 27.7 Å². The lowest BCUT2D eigenvalue weighted by Crippen LogP contribution is -2.38. The third-order valence-electron chi connectivity index (χ3n) is 9.56. The van der Waals surface area contributed by atoms with Crippen molar-refractivity contribution in [1.82, 2.24) is 0 Å². The lowest BCUT2D eigenvalue weighted by atomic mass is 9.83. The zero-order valence-corrected chi connectivity index (χ0v) is 24.1. The Morgan fingerprint density at radius 1 is 0.375 bits per heavy atom. The van der Waals surface area contributed by atoms with Gasteiger partial charge in [-0.25, -0.2) is 0 Å². The van der Waals surface area contributed by atoms with Gasteiger partial charge in [-0.2, -0.15) is 0 Å². The summed E-state index contributed by atoms with van der Waals surface area (Å²) >= 11 is 0. The van der Waals surface area contributed by atoms with E-state index in [4.69, 9.17) is 14.0 Å². The molecule has 3 saturated carbocycles. The van der Waals surface area contributed by atoms with Crippen LogP contribution in [0.15, 0.2) is 72.8 Å². The van der Waals surface area contributed by atoms with Gasteiger partial charge in [0.05, 0.1) is 0 Å². The van der Waals surface area contributed by atoms with Gasteiger partial charge >= 0.3 is 7.32 Å². The highest BCUT2D eigenvalue weighted by atomic mass is 16.7. The molecule has 3 aromatic rings. The maximum atomic E-state index is 6.75. The standard InChI is InChI=1S/C36H45BO3/c1-4-16-28(17-5-1)31-22-10-13-25-34(31)38-37(39-35-26-14-11-23-32(35)29-18-6-2-7-19-29)40-36-27-15-12-24-33(36)30-20-8-3-9-21-30/h10-15,22-30H,1-9,16-21H2. The van der Waals surface area contributed by atoms with E-state index in [0.29, 0.717) is 17.8 Å². The Hall–Kier alpha value is -2.88. The van der Waals surface area contributed by atoms with Crippen LogP contribution in [-0.4, -0.2) is 7.32 Å². The van der Waals surface area contributed by atoms with E-state index in [1.807, 2.05) is 0 Å². The van der Waals surface area contributed by atoms with Crippen LogP contribution in [0, 0.1) is 0 Å². The Labute approximate surface area is 241 Å². The SMILES string of the molecule is c1ccc(C2CCCCC2)c(OB(Oc2ccccc2C2CCCCC2)Oc2ccccc2C2CCCCC2)c1. The highest BCUT2D eigenvalue weighted by molar-refractivity contribution is 6.39. The van der Waals surface area contributed by atoms with Crippen molar-refractivity contribution in [3.63, 3.8) is 0 Å². The minimum Gasteiger partial charge on any atom is -0.489 e. The van der Waals surface area contributed by atoms with Crippen LogP contribution in [-0.2, 0) is 0 Å². The van der Waals surface area contributed by atoms with Crippen molar-refractivity contribution in [3.05, 3.63) is 89.5 Å². The molecule has 0 radical (unpaired) electrons. The van der Waals surface area contributed by atoms with Gasteiger partial charge in [0.1, 0.15) is 17.2 Å². The van der Waals surface area contributed by atoms with E-state index < -0.39 is 7.32 Å². The van der Waals surface area contributed by atoms with Gasteiger partial charge in [-0.1, -0.05) is 112 Å². The van der Waals surface area contributed by atoms with Gasteiger partial charge in [-0.15, -0.1) is 0 Å². The van der Waals surface area contributed by atoms with Crippen molar-refractivity contribution in [2.75, 3.05) is 0 Å². The average molecular weight is 537 g/mol. The van der Waals surface area contributed by atoms with Gasteiger partial charge in [-0.05, 0) is 91.2 Å². The number of para-hydroxylation sites is 3. The van der Waals surface area contributed by atoms with E-state index in [9.17, 15) is 0 Å². The molecule has 40 heavy (non-hydrogen) atoms. The Balaban J connectivity index is 1.31. The molecule has 0 aliphatic heterocycles. The van der Waals surface area contributed by atoms with Crippen LogP contribution in [0.5, 0.6) is 17.2 Å². The van der Waals surface area contributed by atoms with Crippen molar-refractivity contribution >= 4 is 7.32 Å². The van der Waals surface area contributed by atoms with E-state index in [0.717, 1.165) is 17.2 Å². The normalized spacial score (nSPS) is 19.2. The van der Waals surface area contributed by atoms with Gasteiger partial charge in [0.25, 0.3) is 0 Å². The molecule has 0 N–H and O–H groups in total. The van der Waals surface area contributed by atoms with E-state index in [2.05, 4.69) is 72.8 Å². The van der Waals surface area contributed by atoms with E-state index in [1.165, 1.54) is 113 Å². The van der Waals surface area contributed by atoms with Crippen LogP contribution < -0.4 is 14.0 Å². The predicted octanol–water partition coefficient (Wildman–Crippen LogP) is 10.4. The lowest BCUT2D eigenvalue weighted by Gasteiger charge is -2.28. The predicted molar refractivity (Wildman–Crippen MR) is 164 cm³/mol. The molecule has 3 nitrogen and oxygen atoms in total. The second-order valence-corrected chi connectivity index (χ2v) is 12.3. The summed E-state index contributed by atoms with van der Waals surface area (Å²) in [7, 11) is -0.862. The Morgan fingerprint density at radius 3 is 0.950 bits per heavy atom.